The molecule has 0 amide bonds. The molecule has 1 N–H and O–H groups in total. The molecule has 0 spiro atoms. The van der Waals surface area contributed by atoms with Crippen molar-refractivity contribution in [3.8, 4) is 0 Å². The van der Waals surface area contributed by atoms with Gasteiger partial charge in [0.05, 0.1) is 5.60 Å². The van der Waals surface area contributed by atoms with Crippen LogP contribution in [0, 0.1) is 5.41 Å². The highest BCUT2D eigenvalue weighted by Gasteiger charge is 2.36. The second-order valence-electron chi connectivity index (χ2n) is 4.71. The van der Waals surface area contributed by atoms with E-state index < -0.39 is 5.60 Å². The molecule has 70 valence electrons. The van der Waals surface area contributed by atoms with Crippen LogP contribution in [0.1, 0.15) is 46.0 Å². The van der Waals surface area contributed by atoms with Crippen LogP contribution in [-0.2, 0) is 4.79 Å². The number of hydrogen-bond donors (Lipinski definition) is 1. The molecule has 1 aliphatic rings. The van der Waals surface area contributed by atoms with Crippen molar-refractivity contribution in [2.45, 2.75) is 51.6 Å². The lowest BCUT2D eigenvalue weighted by Gasteiger charge is -2.29. The van der Waals surface area contributed by atoms with E-state index in [4.69, 9.17) is 0 Å². The van der Waals surface area contributed by atoms with Gasteiger partial charge in [0.1, 0.15) is 6.29 Å². The van der Waals surface area contributed by atoms with Gasteiger partial charge in [0.25, 0.3) is 0 Å². The zero-order chi connectivity index (χ0) is 9.24. The van der Waals surface area contributed by atoms with Crippen molar-refractivity contribution in [2.24, 2.45) is 5.41 Å². The van der Waals surface area contributed by atoms with Gasteiger partial charge in [-0.3, -0.25) is 0 Å². The quantitative estimate of drug-likeness (QED) is 0.657. The highest BCUT2D eigenvalue weighted by molar-refractivity contribution is 5.58. The van der Waals surface area contributed by atoms with Crippen LogP contribution in [0.3, 0.4) is 0 Å². The minimum atomic E-state index is -0.551. The fourth-order valence-corrected chi connectivity index (χ4v) is 2.10. The molecular weight excluding hydrogens is 152 g/mol. The summed E-state index contributed by atoms with van der Waals surface area (Å²) in [6, 6.07) is 0. The molecule has 0 radical (unpaired) electrons. The number of rotatable bonds is 3. The normalized spacial score (nSPS) is 22.6. The fourth-order valence-electron chi connectivity index (χ4n) is 2.10. The van der Waals surface area contributed by atoms with Crippen LogP contribution >= 0.6 is 0 Å². The van der Waals surface area contributed by atoms with Gasteiger partial charge in [-0.2, -0.15) is 0 Å². The minimum absolute atomic E-state index is 0.362. The summed E-state index contributed by atoms with van der Waals surface area (Å²) in [7, 11) is 0. The third-order valence-corrected chi connectivity index (χ3v) is 2.64. The predicted octanol–water partition coefficient (Wildman–Crippen LogP) is 1.91. The van der Waals surface area contributed by atoms with Gasteiger partial charge in [0, 0.05) is 5.41 Å². The molecule has 0 aromatic heterocycles. The van der Waals surface area contributed by atoms with E-state index in [2.05, 4.69) is 0 Å². The lowest BCUT2D eigenvalue weighted by molar-refractivity contribution is -0.118. The van der Waals surface area contributed by atoms with Gasteiger partial charge in [0.2, 0.25) is 0 Å². The van der Waals surface area contributed by atoms with E-state index in [1.807, 2.05) is 13.8 Å². The third-order valence-electron chi connectivity index (χ3n) is 2.64. The molecule has 1 fully saturated rings. The molecule has 0 aliphatic heterocycles. The lowest BCUT2D eigenvalue weighted by atomic mass is 9.80. The summed E-state index contributed by atoms with van der Waals surface area (Å²) in [5, 5.41) is 10.00. The van der Waals surface area contributed by atoms with Crippen LogP contribution in [0.25, 0.3) is 0 Å². The van der Waals surface area contributed by atoms with E-state index in [1.165, 1.54) is 0 Å². The van der Waals surface area contributed by atoms with Crippen LogP contribution in [0.4, 0.5) is 0 Å². The van der Waals surface area contributed by atoms with Crippen LogP contribution in [0.5, 0.6) is 0 Å². The van der Waals surface area contributed by atoms with Gasteiger partial charge in [-0.15, -0.1) is 0 Å². The Morgan fingerprint density at radius 3 is 2.33 bits per heavy atom. The summed E-state index contributed by atoms with van der Waals surface area (Å²) in [4.78, 5) is 10.6. The molecule has 1 rings (SSSR count). The maximum Gasteiger partial charge on any atom is 0.125 e. The first-order valence-corrected chi connectivity index (χ1v) is 4.66. The predicted molar refractivity (Wildman–Crippen MR) is 47.9 cm³/mol. The molecule has 2 nitrogen and oxygen atoms in total. The Balaban J connectivity index is 2.54. The molecule has 0 heterocycles. The topological polar surface area (TPSA) is 37.3 Å². The van der Waals surface area contributed by atoms with Crippen molar-refractivity contribution in [3.63, 3.8) is 0 Å². The molecule has 2 heteroatoms. The SMILES string of the molecule is CC(C)(C=O)CC1(O)CCCC1. The van der Waals surface area contributed by atoms with Crippen molar-refractivity contribution in [3.05, 3.63) is 0 Å². The monoisotopic (exact) mass is 170 g/mol. The lowest BCUT2D eigenvalue weighted by Crippen LogP contribution is -2.32. The zero-order valence-corrected chi connectivity index (χ0v) is 7.97. The van der Waals surface area contributed by atoms with Crippen molar-refractivity contribution < 1.29 is 9.90 Å². The Labute approximate surface area is 74.0 Å². The molecule has 0 unspecified atom stereocenters. The van der Waals surface area contributed by atoms with Crippen LogP contribution in [0.2, 0.25) is 0 Å². The zero-order valence-electron chi connectivity index (χ0n) is 7.97. The van der Waals surface area contributed by atoms with Crippen molar-refractivity contribution in [2.75, 3.05) is 0 Å². The van der Waals surface area contributed by atoms with Gasteiger partial charge in [-0.25, -0.2) is 0 Å². The summed E-state index contributed by atoms with van der Waals surface area (Å²) in [5.74, 6) is 0. The molecule has 0 aromatic carbocycles. The standard InChI is InChI=1S/C10H18O2/c1-9(2,8-11)7-10(12)5-3-4-6-10/h8,12H,3-7H2,1-2H3. The van der Waals surface area contributed by atoms with E-state index in [-0.39, 0.29) is 5.41 Å². The van der Waals surface area contributed by atoms with Gasteiger partial charge in [-0.05, 0) is 19.3 Å². The first-order chi connectivity index (χ1) is 5.47. The molecule has 0 aromatic rings. The molecule has 0 atom stereocenters. The van der Waals surface area contributed by atoms with Crippen molar-refractivity contribution >= 4 is 6.29 Å². The number of aldehydes is 1. The Kier molecular flexibility index (Phi) is 2.57. The highest BCUT2D eigenvalue weighted by Crippen LogP contribution is 2.38. The summed E-state index contributed by atoms with van der Waals surface area (Å²) < 4.78 is 0. The van der Waals surface area contributed by atoms with Gasteiger partial charge in [0.15, 0.2) is 0 Å². The Morgan fingerprint density at radius 1 is 1.42 bits per heavy atom. The smallest absolute Gasteiger partial charge is 0.125 e. The molecule has 0 saturated heterocycles. The second kappa shape index (κ2) is 3.17. The number of carbonyl (C=O) groups excluding carboxylic acids is 1. The second-order valence-corrected chi connectivity index (χ2v) is 4.71. The summed E-state index contributed by atoms with van der Waals surface area (Å²) >= 11 is 0. The van der Waals surface area contributed by atoms with E-state index in [9.17, 15) is 9.90 Å². The maximum absolute atomic E-state index is 10.6. The Hall–Kier alpha value is -0.370. The Morgan fingerprint density at radius 2 is 1.92 bits per heavy atom. The number of carbonyl (C=O) groups is 1. The molecule has 12 heavy (non-hydrogen) atoms. The van der Waals surface area contributed by atoms with Crippen LogP contribution in [0.15, 0.2) is 0 Å². The average molecular weight is 170 g/mol. The van der Waals surface area contributed by atoms with Gasteiger partial charge in [-0.1, -0.05) is 26.7 Å². The third kappa shape index (κ3) is 2.31. The first-order valence-electron chi connectivity index (χ1n) is 4.66. The van der Waals surface area contributed by atoms with E-state index >= 15 is 0 Å². The van der Waals surface area contributed by atoms with E-state index in [1.54, 1.807) is 0 Å². The fraction of sp³-hybridized carbons (Fsp3) is 0.900. The van der Waals surface area contributed by atoms with Gasteiger partial charge < -0.3 is 9.90 Å². The Bertz CT molecular complexity index is 167. The molecule has 1 saturated carbocycles. The molecular formula is C10H18O2. The summed E-state index contributed by atoms with van der Waals surface area (Å²) in [5.41, 5.74) is -0.913. The number of aliphatic hydroxyl groups is 1. The van der Waals surface area contributed by atoms with Crippen LogP contribution in [-0.4, -0.2) is 17.0 Å². The summed E-state index contributed by atoms with van der Waals surface area (Å²) in [6.45, 7) is 3.77. The highest BCUT2D eigenvalue weighted by atomic mass is 16.3. The molecule has 1 aliphatic carbocycles. The first kappa shape index (κ1) is 9.72. The summed E-state index contributed by atoms with van der Waals surface area (Å²) in [6.07, 6.45) is 5.50. The largest absolute Gasteiger partial charge is 0.390 e. The van der Waals surface area contributed by atoms with Crippen molar-refractivity contribution in [1.29, 1.82) is 0 Å². The van der Waals surface area contributed by atoms with Crippen molar-refractivity contribution in [1.82, 2.24) is 0 Å². The van der Waals surface area contributed by atoms with Gasteiger partial charge >= 0.3 is 0 Å². The maximum atomic E-state index is 10.6. The minimum Gasteiger partial charge on any atom is -0.390 e. The van der Waals surface area contributed by atoms with E-state index in [0.717, 1.165) is 32.0 Å². The average Bonchev–Trinajstić information content (AvgIpc) is 2.35. The molecule has 0 bridgehead atoms. The van der Waals surface area contributed by atoms with Crippen LogP contribution < -0.4 is 0 Å². The van der Waals surface area contributed by atoms with E-state index in [0.29, 0.717) is 6.42 Å². The number of hydrogen-bond acceptors (Lipinski definition) is 2.